The first kappa shape index (κ1) is 8.79. The molecule has 0 aromatic heterocycles. The molecule has 1 nitrogen and oxygen atoms in total. The van der Waals surface area contributed by atoms with Crippen LogP contribution >= 0.6 is 11.6 Å². The maximum atomic E-state index is 5.55. The molecule has 1 aromatic rings. The number of hydrogen-bond donors (Lipinski definition) is 0. The molecule has 2 rings (SSSR count). The van der Waals surface area contributed by atoms with E-state index in [1.807, 2.05) is 24.3 Å². The fraction of sp³-hybridized carbons (Fsp3) is 0.273. The quantitative estimate of drug-likeness (QED) is 0.671. The summed E-state index contributed by atoms with van der Waals surface area (Å²) in [4.78, 5) is 0. The summed E-state index contributed by atoms with van der Waals surface area (Å²) in [5.41, 5.74) is 2.41. The van der Waals surface area contributed by atoms with Gasteiger partial charge >= 0.3 is 0 Å². The molecule has 0 N–H and O–H groups in total. The van der Waals surface area contributed by atoms with Gasteiger partial charge in [0.15, 0.2) is 0 Å². The Hall–Kier alpha value is -0.790. The lowest BCUT2D eigenvalue weighted by Gasteiger charge is -2.10. The monoisotopic (exact) mass is 193 g/mol. The second kappa shape index (κ2) is 3.95. The third-order valence-electron chi connectivity index (χ3n) is 2.06. The summed E-state index contributed by atoms with van der Waals surface area (Å²) in [5, 5.41) is 0. The van der Waals surface area contributed by atoms with Crippen molar-refractivity contribution in [2.24, 2.45) is 0 Å². The first-order valence-electron chi connectivity index (χ1n) is 4.27. The number of halogens is 1. The van der Waals surface area contributed by atoms with Crippen LogP contribution in [0.1, 0.15) is 17.2 Å². The molecule has 0 fully saturated rings. The van der Waals surface area contributed by atoms with Crippen LogP contribution in [0.4, 0.5) is 0 Å². The minimum Gasteiger partial charge on any atom is -0.368 e. The van der Waals surface area contributed by atoms with Crippen LogP contribution in [-0.2, 0) is 4.74 Å². The Balaban J connectivity index is 2.14. The smallest absolute Gasteiger partial charge is 0.102 e. The molecule has 0 bridgehead atoms. The Morgan fingerprint density at radius 1 is 1.54 bits per heavy atom. The van der Waals surface area contributed by atoms with Crippen molar-refractivity contribution in [3.63, 3.8) is 0 Å². The van der Waals surface area contributed by atoms with E-state index in [1.165, 1.54) is 11.1 Å². The number of alkyl halides is 1. The topological polar surface area (TPSA) is 9.23 Å². The van der Waals surface area contributed by atoms with Crippen molar-refractivity contribution in [1.82, 2.24) is 0 Å². The largest absolute Gasteiger partial charge is 0.368 e. The van der Waals surface area contributed by atoms with Crippen LogP contribution in [0.3, 0.4) is 0 Å². The van der Waals surface area contributed by atoms with Crippen molar-refractivity contribution in [3.05, 3.63) is 41.5 Å². The van der Waals surface area contributed by atoms with E-state index in [4.69, 9.17) is 16.3 Å². The second-order valence-electron chi connectivity index (χ2n) is 2.89. The molecule has 1 radical (unpaired) electrons. The van der Waals surface area contributed by atoms with Crippen molar-refractivity contribution in [2.45, 2.75) is 6.10 Å². The Kier molecular flexibility index (Phi) is 2.67. The van der Waals surface area contributed by atoms with Crippen LogP contribution in [0.25, 0.3) is 6.08 Å². The maximum Gasteiger partial charge on any atom is 0.102 e. The highest BCUT2D eigenvalue weighted by Crippen LogP contribution is 2.30. The van der Waals surface area contributed by atoms with E-state index < -0.39 is 0 Å². The van der Waals surface area contributed by atoms with Gasteiger partial charge in [0.1, 0.15) is 6.10 Å². The predicted molar refractivity (Wildman–Crippen MR) is 53.7 cm³/mol. The predicted octanol–water partition coefficient (Wildman–Crippen LogP) is 2.81. The average molecular weight is 194 g/mol. The van der Waals surface area contributed by atoms with Crippen LogP contribution in [-0.4, -0.2) is 12.5 Å². The number of rotatable bonds is 3. The van der Waals surface area contributed by atoms with E-state index >= 15 is 0 Å². The molecule has 0 spiro atoms. The van der Waals surface area contributed by atoms with E-state index in [0.717, 1.165) is 0 Å². The van der Waals surface area contributed by atoms with Crippen LogP contribution in [0.2, 0.25) is 0 Å². The van der Waals surface area contributed by atoms with E-state index in [2.05, 4.69) is 12.1 Å². The van der Waals surface area contributed by atoms with Gasteiger partial charge in [-0.3, -0.25) is 0 Å². The second-order valence-corrected chi connectivity index (χ2v) is 3.27. The molecule has 1 aliphatic rings. The van der Waals surface area contributed by atoms with E-state index in [9.17, 15) is 0 Å². The lowest BCUT2D eigenvalue weighted by molar-refractivity contribution is 0.101. The molecular weight excluding hydrogens is 184 g/mol. The summed E-state index contributed by atoms with van der Waals surface area (Å²) in [6.07, 6.45) is 4.19. The van der Waals surface area contributed by atoms with Gasteiger partial charge in [-0.25, -0.2) is 0 Å². The Bertz CT molecular complexity index is 320. The highest BCUT2D eigenvalue weighted by Gasteiger charge is 2.16. The summed E-state index contributed by atoms with van der Waals surface area (Å²) >= 11 is 5.55. The van der Waals surface area contributed by atoms with Gasteiger partial charge in [-0.05, 0) is 23.3 Å². The lowest BCUT2D eigenvalue weighted by Crippen LogP contribution is -2.01. The van der Waals surface area contributed by atoms with Gasteiger partial charge in [0, 0.05) is 5.88 Å². The van der Waals surface area contributed by atoms with Crippen molar-refractivity contribution in [1.29, 1.82) is 0 Å². The Labute approximate surface area is 83.0 Å². The first-order chi connectivity index (χ1) is 6.42. The molecule has 2 heteroatoms. The molecule has 1 unspecified atom stereocenters. The van der Waals surface area contributed by atoms with E-state index in [1.54, 1.807) is 0 Å². The number of ether oxygens (including phenoxy) is 1. The molecule has 0 saturated heterocycles. The summed E-state index contributed by atoms with van der Waals surface area (Å²) in [6.45, 7) is 0.592. The highest BCUT2D eigenvalue weighted by atomic mass is 35.5. The SMILES string of the molecule is ClCCOC1C=Cc2c[c]ccc21. The third kappa shape index (κ3) is 1.77. The van der Waals surface area contributed by atoms with E-state index in [-0.39, 0.29) is 6.10 Å². The normalized spacial score (nSPS) is 19.0. The van der Waals surface area contributed by atoms with Gasteiger partial charge < -0.3 is 4.74 Å². The van der Waals surface area contributed by atoms with Crippen LogP contribution in [0.5, 0.6) is 0 Å². The molecule has 67 valence electrons. The number of benzene rings is 1. The third-order valence-corrected chi connectivity index (χ3v) is 2.22. The molecule has 1 aliphatic carbocycles. The number of fused-ring (bicyclic) bond motifs is 1. The number of hydrogen-bond acceptors (Lipinski definition) is 1. The fourth-order valence-corrected chi connectivity index (χ4v) is 1.56. The molecule has 0 amide bonds. The molecule has 13 heavy (non-hydrogen) atoms. The van der Waals surface area contributed by atoms with Crippen molar-refractivity contribution < 1.29 is 4.74 Å². The summed E-state index contributed by atoms with van der Waals surface area (Å²) in [5.74, 6) is 0.540. The minimum absolute atomic E-state index is 0.0864. The lowest BCUT2D eigenvalue weighted by atomic mass is 10.1. The molecule has 0 aliphatic heterocycles. The zero-order chi connectivity index (χ0) is 9.10. The molecule has 1 atom stereocenters. The Morgan fingerprint density at radius 3 is 3.31 bits per heavy atom. The zero-order valence-corrected chi connectivity index (χ0v) is 7.92. The van der Waals surface area contributed by atoms with Crippen LogP contribution in [0, 0.1) is 6.07 Å². The summed E-state index contributed by atoms with van der Waals surface area (Å²) in [6, 6.07) is 8.95. The van der Waals surface area contributed by atoms with Crippen LogP contribution < -0.4 is 0 Å². The highest BCUT2D eigenvalue weighted by molar-refractivity contribution is 6.17. The molecule has 0 heterocycles. The molecule has 0 saturated carbocycles. The maximum absolute atomic E-state index is 5.55. The molecule has 1 aromatic carbocycles. The Morgan fingerprint density at radius 2 is 2.46 bits per heavy atom. The van der Waals surface area contributed by atoms with Gasteiger partial charge in [0.25, 0.3) is 0 Å². The van der Waals surface area contributed by atoms with Gasteiger partial charge in [-0.15, -0.1) is 11.6 Å². The van der Waals surface area contributed by atoms with Crippen molar-refractivity contribution >= 4 is 17.7 Å². The van der Waals surface area contributed by atoms with Gasteiger partial charge in [0.05, 0.1) is 6.61 Å². The molecular formula is C11H10ClO. The fourth-order valence-electron chi connectivity index (χ4n) is 1.47. The minimum atomic E-state index is 0.0864. The van der Waals surface area contributed by atoms with E-state index in [0.29, 0.717) is 12.5 Å². The zero-order valence-electron chi connectivity index (χ0n) is 7.16. The van der Waals surface area contributed by atoms with Crippen molar-refractivity contribution in [2.75, 3.05) is 12.5 Å². The van der Waals surface area contributed by atoms with Gasteiger partial charge in [-0.2, -0.15) is 0 Å². The van der Waals surface area contributed by atoms with Crippen molar-refractivity contribution in [3.8, 4) is 0 Å². The first-order valence-corrected chi connectivity index (χ1v) is 4.81. The summed E-state index contributed by atoms with van der Waals surface area (Å²) < 4.78 is 5.55. The van der Waals surface area contributed by atoms with Gasteiger partial charge in [-0.1, -0.05) is 24.3 Å². The van der Waals surface area contributed by atoms with Crippen LogP contribution in [0.15, 0.2) is 24.3 Å². The standard InChI is InChI=1S/C11H10ClO/c12-7-8-13-11-6-5-9-3-1-2-4-10(9)11/h2-6,11H,7-8H2. The van der Waals surface area contributed by atoms with Gasteiger partial charge in [0.2, 0.25) is 0 Å². The average Bonchev–Trinajstić information content (AvgIpc) is 2.58. The summed E-state index contributed by atoms with van der Waals surface area (Å²) in [7, 11) is 0.